The van der Waals surface area contributed by atoms with Gasteiger partial charge in [0.25, 0.3) is 5.56 Å². The quantitative estimate of drug-likeness (QED) is 0.812. The van der Waals surface area contributed by atoms with Gasteiger partial charge in [-0.25, -0.2) is 9.78 Å². The number of aromatic nitrogens is 3. The molecule has 0 aliphatic carbocycles. The summed E-state index contributed by atoms with van der Waals surface area (Å²) in [7, 11) is 3.17. The Kier molecular flexibility index (Phi) is 4.56. The molecule has 21 heavy (non-hydrogen) atoms. The predicted octanol–water partition coefficient (Wildman–Crippen LogP) is 2.09. The number of hydrogen-bond acceptors (Lipinski definition) is 4. The molecular weight excluding hydrogens is 286 g/mol. The Bertz CT molecular complexity index is 792. The van der Waals surface area contributed by atoms with Gasteiger partial charge in [-0.2, -0.15) is 0 Å². The average molecular weight is 307 g/mol. The second-order valence-electron chi connectivity index (χ2n) is 5.21. The fraction of sp³-hybridized carbons (Fsp3) is 0.533. The zero-order chi connectivity index (χ0) is 15.7. The van der Waals surface area contributed by atoms with Crippen LogP contribution in [0.4, 0.5) is 0 Å². The minimum atomic E-state index is -0.344. The number of aryl methyl sites for hydroxylation is 2. The third kappa shape index (κ3) is 2.64. The van der Waals surface area contributed by atoms with E-state index in [0.717, 1.165) is 27.9 Å². The summed E-state index contributed by atoms with van der Waals surface area (Å²) in [5.41, 5.74) is 0.917. The molecule has 0 radical (unpaired) electrons. The molecule has 0 amide bonds. The Labute approximate surface area is 128 Å². The molecule has 0 saturated heterocycles. The second kappa shape index (κ2) is 6.05. The van der Waals surface area contributed by atoms with E-state index in [1.807, 2.05) is 0 Å². The van der Waals surface area contributed by atoms with Crippen molar-refractivity contribution in [3.05, 3.63) is 32.6 Å². The van der Waals surface area contributed by atoms with E-state index >= 15 is 0 Å². The first-order valence-corrected chi connectivity index (χ1v) is 8.04. The van der Waals surface area contributed by atoms with E-state index in [0.29, 0.717) is 16.3 Å². The van der Waals surface area contributed by atoms with Crippen molar-refractivity contribution in [3.63, 3.8) is 0 Å². The summed E-state index contributed by atoms with van der Waals surface area (Å²) >= 11 is 1.69. The highest BCUT2D eigenvalue weighted by atomic mass is 32.2. The highest BCUT2D eigenvalue weighted by Crippen LogP contribution is 2.32. The first-order chi connectivity index (χ1) is 9.92. The van der Waals surface area contributed by atoms with Gasteiger partial charge in [0.1, 0.15) is 5.65 Å². The highest BCUT2D eigenvalue weighted by Gasteiger charge is 2.18. The summed E-state index contributed by atoms with van der Waals surface area (Å²) in [6.07, 6.45) is 3.61. The van der Waals surface area contributed by atoms with Gasteiger partial charge >= 0.3 is 5.69 Å². The molecule has 0 aromatic carbocycles. The van der Waals surface area contributed by atoms with E-state index in [2.05, 4.69) is 25.8 Å². The van der Waals surface area contributed by atoms with Gasteiger partial charge in [0.2, 0.25) is 0 Å². The summed E-state index contributed by atoms with van der Waals surface area (Å²) in [6, 6.07) is 0. The summed E-state index contributed by atoms with van der Waals surface area (Å²) in [6.45, 7) is 6.32. The van der Waals surface area contributed by atoms with Crippen LogP contribution < -0.4 is 11.2 Å². The van der Waals surface area contributed by atoms with Crippen LogP contribution in [0.15, 0.2) is 20.7 Å². The number of hydrogen-bond donors (Lipinski definition) is 0. The maximum atomic E-state index is 12.6. The molecule has 0 aliphatic heterocycles. The molecule has 5 nitrogen and oxygen atoms in total. The van der Waals surface area contributed by atoms with Crippen LogP contribution in [0, 0.1) is 0 Å². The van der Waals surface area contributed by atoms with Crippen molar-refractivity contribution >= 4 is 22.8 Å². The predicted molar refractivity (Wildman–Crippen MR) is 87.2 cm³/mol. The molecule has 0 fully saturated rings. The van der Waals surface area contributed by atoms with Crippen molar-refractivity contribution < 1.29 is 0 Å². The Morgan fingerprint density at radius 1 is 1.24 bits per heavy atom. The van der Waals surface area contributed by atoms with E-state index in [1.165, 1.54) is 11.6 Å². The van der Waals surface area contributed by atoms with Gasteiger partial charge in [0.15, 0.2) is 0 Å². The SMILES string of the molecule is CCc1cnc2c(c1S[C@@H](C)CC)c(=O)n(C)c(=O)n2C. The van der Waals surface area contributed by atoms with Crippen molar-refractivity contribution in [2.24, 2.45) is 14.1 Å². The Morgan fingerprint density at radius 2 is 1.90 bits per heavy atom. The van der Waals surface area contributed by atoms with Crippen LogP contribution in [0.25, 0.3) is 11.0 Å². The minimum Gasteiger partial charge on any atom is -0.280 e. The number of rotatable bonds is 4. The molecular formula is C15H21N3O2S. The summed E-state index contributed by atoms with van der Waals surface area (Å²) < 4.78 is 2.60. The first-order valence-electron chi connectivity index (χ1n) is 7.16. The molecule has 0 saturated carbocycles. The Morgan fingerprint density at radius 3 is 2.48 bits per heavy atom. The van der Waals surface area contributed by atoms with Crippen LogP contribution in [0.1, 0.15) is 32.8 Å². The van der Waals surface area contributed by atoms with Crippen molar-refractivity contribution in [3.8, 4) is 0 Å². The summed E-state index contributed by atoms with van der Waals surface area (Å²) in [4.78, 5) is 29.9. The Hall–Kier alpha value is -1.56. The molecule has 2 aromatic rings. The monoisotopic (exact) mass is 307 g/mol. The van der Waals surface area contributed by atoms with E-state index in [4.69, 9.17) is 0 Å². The second-order valence-corrected chi connectivity index (χ2v) is 6.66. The molecule has 2 heterocycles. The van der Waals surface area contributed by atoms with Crippen molar-refractivity contribution in [1.82, 2.24) is 14.1 Å². The van der Waals surface area contributed by atoms with Gasteiger partial charge in [-0.3, -0.25) is 13.9 Å². The third-order valence-corrected chi connectivity index (χ3v) is 5.21. The summed E-state index contributed by atoms with van der Waals surface area (Å²) in [5, 5.41) is 0.965. The fourth-order valence-electron chi connectivity index (χ4n) is 2.21. The number of thioether (sulfide) groups is 1. The third-order valence-electron chi connectivity index (χ3n) is 3.77. The average Bonchev–Trinajstić information content (AvgIpc) is 2.50. The molecule has 0 aliphatic rings. The van der Waals surface area contributed by atoms with E-state index in [9.17, 15) is 9.59 Å². The number of fused-ring (bicyclic) bond motifs is 1. The topological polar surface area (TPSA) is 56.9 Å². The smallest absolute Gasteiger partial charge is 0.280 e. The zero-order valence-corrected chi connectivity index (χ0v) is 14.0. The van der Waals surface area contributed by atoms with Crippen LogP contribution in [0.3, 0.4) is 0 Å². The maximum Gasteiger partial charge on any atom is 0.332 e. The number of nitrogens with zero attached hydrogens (tertiary/aromatic N) is 3. The molecule has 0 N–H and O–H groups in total. The Balaban J connectivity index is 2.92. The van der Waals surface area contributed by atoms with E-state index in [1.54, 1.807) is 25.0 Å². The normalized spacial score (nSPS) is 12.8. The highest BCUT2D eigenvalue weighted by molar-refractivity contribution is 8.00. The van der Waals surface area contributed by atoms with E-state index in [-0.39, 0.29) is 11.2 Å². The minimum absolute atomic E-state index is 0.262. The lowest BCUT2D eigenvalue weighted by Gasteiger charge is -2.16. The van der Waals surface area contributed by atoms with Crippen molar-refractivity contribution in [2.45, 2.75) is 43.8 Å². The lowest BCUT2D eigenvalue weighted by atomic mass is 10.2. The maximum absolute atomic E-state index is 12.6. The molecule has 6 heteroatoms. The van der Waals surface area contributed by atoms with Crippen LogP contribution in [-0.4, -0.2) is 19.4 Å². The molecule has 0 unspecified atom stereocenters. The number of pyridine rings is 1. The largest absolute Gasteiger partial charge is 0.332 e. The van der Waals surface area contributed by atoms with Crippen molar-refractivity contribution in [2.75, 3.05) is 0 Å². The fourth-order valence-corrected chi connectivity index (χ4v) is 3.43. The lowest BCUT2D eigenvalue weighted by molar-refractivity contribution is 0.704. The van der Waals surface area contributed by atoms with Crippen LogP contribution in [-0.2, 0) is 20.5 Å². The van der Waals surface area contributed by atoms with Gasteiger partial charge in [0.05, 0.1) is 5.39 Å². The lowest BCUT2D eigenvalue weighted by Crippen LogP contribution is -2.37. The molecule has 0 bridgehead atoms. The molecule has 1 atom stereocenters. The van der Waals surface area contributed by atoms with Gasteiger partial charge in [-0.05, 0) is 18.4 Å². The first kappa shape index (κ1) is 15.8. The molecule has 2 rings (SSSR count). The van der Waals surface area contributed by atoms with Crippen LogP contribution >= 0.6 is 11.8 Å². The summed E-state index contributed by atoms with van der Waals surface area (Å²) in [5.74, 6) is 0. The standard InChI is InChI=1S/C15H21N3O2S/c1-6-9(3)21-12-10(7-2)8-16-13-11(12)14(19)18(5)15(20)17(13)4/h8-9H,6-7H2,1-5H3/t9-/m0/s1. The van der Waals surface area contributed by atoms with Crippen LogP contribution in [0.5, 0.6) is 0 Å². The molecule has 0 spiro atoms. The van der Waals surface area contributed by atoms with Gasteiger partial charge < -0.3 is 0 Å². The molecule has 2 aromatic heterocycles. The van der Waals surface area contributed by atoms with E-state index < -0.39 is 0 Å². The van der Waals surface area contributed by atoms with Gasteiger partial charge in [0, 0.05) is 30.4 Å². The molecule has 114 valence electrons. The van der Waals surface area contributed by atoms with Crippen molar-refractivity contribution in [1.29, 1.82) is 0 Å². The zero-order valence-electron chi connectivity index (χ0n) is 13.1. The van der Waals surface area contributed by atoms with Gasteiger partial charge in [-0.15, -0.1) is 11.8 Å². The van der Waals surface area contributed by atoms with Crippen LogP contribution in [0.2, 0.25) is 0 Å². The van der Waals surface area contributed by atoms with Gasteiger partial charge in [-0.1, -0.05) is 20.8 Å².